The van der Waals surface area contributed by atoms with Gasteiger partial charge in [0.25, 0.3) is 0 Å². The average Bonchev–Trinajstić information content (AvgIpc) is 2.54. The molecule has 0 spiro atoms. The van der Waals surface area contributed by atoms with E-state index < -0.39 is 12.2 Å². The number of hydrogen-bond donors (Lipinski definition) is 1. The number of fused-ring (bicyclic) bond motifs is 1. The van der Waals surface area contributed by atoms with E-state index in [1.54, 1.807) is 18.2 Å². The van der Waals surface area contributed by atoms with E-state index in [0.717, 1.165) is 0 Å². The second kappa shape index (κ2) is 5.84. The number of para-hydroxylation sites is 2. The van der Waals surface area contributed by atoms with Crippen LogP contribution in [0.15, 0.2) is 42.5 Å². The molecule has 0 radical (unpaired) electrons. The molecule has 0 bridgehead atoms. The van der Waals surface area contributed by atoms with Gasteiger partial charge in [-0.25, -0.2) is 0 Å². The molecule has 110 valence electrons. The minimum Gasteiger partial charge on any atom is -0.495 e. The highest BCUT2D eigenvalue weighted by Gasteiger charge is 2.29. The van der Waals surface area contributed by atoms with Crippen molar-refractivity contribution in [3.8, 4) is 17.2 Å². The van der Waals surface area contributed by atoms with E-state index in [4.69, 9.17) is 25.8 Å². The molecular weight excluding hydrogens is 292 g/mol. The maximum atomic E-state index is 10.5. The maximum Gasteiger partial charge on any atom is 0.163 e. The predicted octanol–water partition coefficient (Wildman–Crippen LogP) is 3.22. The molecule has 1 heterocycles. The Morgan fingerprint density at radius 1 is 1.24 bits per heavy atom. The zero-order valence-corrected chi connectivity index (χ0v) is 12.2. The molecule has 1 aliphatic rings. The summed E-state index contributed by atoms with van der Waals surface area (Å²) in [5.41, 5.74) is 0.671. The summed E-state index contributed by atoms with van der Waals surface area (Å²) >= 11 is 5.99. The molecule has 0 saturated carbocycles. The van der Waals surface area contributed by atoms with Crippen LogP contribution in [-0.2, 0) is 0 Å². The van der Waals surface area contributed by atoms with Crippen molar-refractivity contribution < 1.29 is 19.3 Å². The van der Waals surface area contributed by atoms with Crippen LogP contribution in [0.1, 0.15) is 11.7 Å². The SMILES string of the molecule is COc1cc(C(O)C2COc3ccccc3O2)ccc1Cl. The van der Waals surface area contributed by atoms with Gasteiger partial charge >= 0.3 is 0 Å². The molecule has 2 unspecified atom stereocenters. The Labute approximate surface area is 127 Å². The largest absolute Gasteiger partial charge is 0.495 e. The summed E-state index contributed by atoms with van der Waals surface area (Å²) in [7, 11) is 1.54. The highest BCUT2D eigenvalue weighted by Crippen LogP contribution is 2.35. The standard InChI is InChI=1S/C16H15ClO4/c1-19-14-8-10(6-7-11(14)17)16(18)15-9-20-12-4-2-3-5-13(12)21-15/h2-8,15-16,18H,9H2,1H3. The Hall–Kier alpha value is -1.91. The van der Waals surface area contributed by atoms with Crippen LogP contribution in [0.4, 0.5) is 0 Å². The Bertz CT molecular complexity index is 644. The zero-order valence-electron chi connectivity index (χ0n) is 11.5. The Morgan fingerprint density at radius 3 is 2.76 bits per heavy atom. The lowest BCUT2D eigenvalue weighted by Crippen LogP contribution is -2.34. The lowest BCUT2D eigenvalue weighted by atomic mass is 10.0. The van der Waals surface area contributed by atoms with Gasteiger partial charge in [0.2, 0.25) is 0 Å². The Morgan fingerprint density at radius 2 is 2.00 bits per heavy atom. The van der Waals surface area contributed by atoms with E-state index in [2.05, 4.69) is 0 Å². The van der Waals surface area contributed by atoms with Crippen molar-refractivity contribution in [2.75, 3.05) is 13.7 Å². The van der Waals surface area contributed by atoms with Crippen LogP contribution in [0, 0.1) is 0 Å². The van der Waals surface area contributed by atoms with Crippen molar-refractivity contribution in [2.45, 2.75) is 12.2 Å². The van der Waals surface area contributed by atoms with Crippen LogP contribution in [0.2, 0.25) is 5.02 Å². The number of rotatable bonds is 3. The fourth-order valence-corrected chi connectivity index (χ4v) is 2.46. The molecule has 0 amide bonds. The summed E-state index contributed by atoms with van der Waals surface area (Å²) in [6.07, 6.45) is -1.31. The van der Waals surface area contributed by atoms with Gasteiger partial charge in [0.15, 0.2) is 17.6 Å². The van der Waals surface area contributed by atoms with E-state index in [-0.39, 0.29) is 6.61 Å². The predicted molar refractivity (Wildman–Crippen MR) is 79.3 cm³/mol. The normalized spacial score (nSPS) is 18.1. The van der Waals surface area contributed by atoms with Gasteiger partial charge in [0.1, 0.15) is 18.5 Å². The second-order valence-electron chi connectivity index (χ2n) is 4.75. The first kappa shape index (κ1) is 14.0. The van der Waals surface area contributed by atoms with Crippen molar-refractivity contribution >= 4 is 11.6 Å². The first-order valence-corrected chi connectivity index (χ1v) is 6.97. The van der Waals surface area contributed by atoms with E-state index in [1.807, 2.05) is 24.3 Å². The summed E-state index contributed by atoms with van der Waals surface area (Å²) < 4.78 is 16.6. The lowest BCUT2D eigenvalue weighted by Gasteiger charge is -2.30. The summed E-state index contributed by atoms with van der Waals surface area (Å²) in [5.74, 6) is 1.84. The monoisotopic (exact) mass is 306 g/mol. The molecule has 21 heavy (non-hydrogen) atoms. The zero-order chi connectivity index (χ0) is 14.8. The molecule has 4 nitrogen and oxygen atoms in total. The number of aliphatic hydroxyl groups is 1. The molecule has 2 atom stereocenters. The number of halogens is 1. The first-order chi connectivity index (χ1) is 10.2. The number of benzene rings is 2. The Kier molecular flexibility index (Phi) is 3.90. The molecular formula is C16H15ClO4. The van der Waals surface area contributed by atoms with Crippen molar-refractivity contribution in [2.24, 2.45) is 0 Å². The third-order valence-electron chi connectivity index (χ3n) is 3.40. The third-order valence-corrected chi connectivity index (χ3v) is 3.71. The van der Waals surface area contributed by atoms with Gasteiger partial charge in [-0.2, -0.15) is 0 Å². The lowest BCUT2D eigenvalue weighted by molar-refractivity contribution is -0.0113. The van der Waals surface area contributed by atoms with Crippen molar-refractivity contribution in [1.29, 1.82) is 0 Å². The van der Waals surface area contributed by atoms with Gasteiger partial charge < -0.3 is 19.3 Å². The van der Waals surface area contributed by atoms with E-state index in [0.29, 0.717) is 27.8 Å². The highest BCUT2D eigenvalue weighted by molar-refractivity contribution is 6.32. The molecule has 2 aromatic rings. The van der Waals surface area contributed by atoms with Gasteiger partial charge in [-0.3, -0.25) is 0 Å². The summed E-state index contributed by atoms with van der Waals surface area (Å²) in [4.78, 5) is 0. The third kappa shape index (κ3) is 2.77. The fourth-order valence-electron chi connectivity index (χ4n) is 2.27. The van der Waals surface area contributed by atoms with Crippen LogP contribution in [0.25, 0.3) is 0 Å². The second-order valence-corrected chi connectivity index (χ2v) is 5.16. The number of ether oxygens (including phenoxy) is 3. The molecule has 5 heteroatoms. The topological polar surface area (TPSA) is 47.9 Å². The smallest absolute Gasteiger partial charge is 0.163 e. The number of aliphatic hydroxyl groups excluding tert-OH is 1. The van der Waals surface area contributed by atoms with E-state index >= 15 is 0 Å². The highest BCUT2D eigenvalue weighted by atomic mass is 35.5. The van der Waals surface area contributed by atoms with Crippen LogP contribution in [0.5, 0.6) is 17.2 Å². The van der Waals surface area contributed by atoms with Crippen LogP contribution < -0.4 is 14.2 Å². The van der Waals surface area contributed by atoms with Crippen molar-refractivity contribution in [3.05, 3.63) is 53.1 Å². The number of hydrogen-bond acceptors (Lipinski definition) is 4. The summed E-state index contributed by atoms with van der Waals surface area (Å²) in [6, 6.07) is 12.5. The molecule has 1 N–H and O–H groups in total. The van der Waals surface area contributed by atoms with Gasteiger partial charge in [0.05, 0.1) is 12.1 Å². The van der Waals surface area contributed by atoms with E-state index in [9.17, 15) is 5.11 Å². The van der Waals surface area contributed by atoms with Crippen molar-refractivity contribution in [3.63, 3.8) is 0 Å². The first-order valence-electron chi connectivity index (χ1n) is 6.59. The summed E-state index contributed by atoms with van der Waals surface area (Å²) in [6.45, 7) is 0.281. The quantitative estimate of drug-likeness (QED) is 0.946. The average molecular weight is 307 g/mol. The minimum atomic E-state index is -0.829. The maximum absolute atomic E-state index is 10.5. The van der Waals surface area contributed by atoms with Gasteiger partial charge in [-0.05, 0) is 29.8 Å². The Balaban J connectivity index is 1.82. The molecule has 0 fully saturated rings. The van der Waals surface area contributed by atoms with Gasteiger partial charge in [-0.1, -0.05) is 29.8 Å². The molecule has 0 saturated heterocycles. The summed E-state index contributed by atoms with van der Waals surface area (Å²) in [5, 5.41) is 11.0. The molecule has 0 aromatic heterocycles. The van der Waals surface area contributed by atoms with Crippen molar-refractivity contribution in [1.82, 2.24) is 0 Å². The molecule has 3 rings (SSSR count). The van der Waals surface area contributed by atoms with E-state index in [1.165, 1.54) is 7.11 Å². The van der Waals surface area contributed by atoms with Gasteiger partial charge in [-0.15, -0.1) is 0 Å². The minimum absolute atomic E-state index is 0.281. The van der Waals surface area contributed by atoms with Crippen LogP contribution in [0.3, 0.4) is 0 Å². The van der Waals surface area contributed by atoms with Crippen LogP contribution >= 0.6 is 11.6 Å². The number of methoxy groups -OCH3 is 1. The fraction of sp³-hybridized carbons (Fsp3) is 0.250. The van der Waals surface area contributed by atoms with Crippen LogP contribution in [-0.4, -0.2) is 24.9 Å². The molecule has 2 aromatic carbocycles. The van der Waals surface area contributed by atoms with Gasteiger partial charge in [0, 0.05) is 0 Å². The molecule has 0 aliphatic carbocycles. The molecule has 1 aliphatic heterocycles.